The van der Waals surface area contributed by atoms with E-state index in [1.807, 2.05) is 6.92 Å². The molecule has 1 aliphatic rings. The van der Waals surface area contributed by atoms with Crippen LogP contribution in [0.3, 0.4) is 0 Å². The van der Waals surface area contributed by atoms with Gasteiger partial charge in [0.1, 0.15) is 5.82 Å². The normalized spacial score (nSPS) is 16.0. The number of hydrogen-bond donors (Lipinski definition) is 2. The summed E-state index contributed by atoms with van der Waals surface area (Å²) in [6.45, 7) is 4.09. The molecule has 0 aliphatic carbocycles. The number of alkyl halides is 3. The standard InChI is InChI=1S/C18H29F3N6O3/c1-3-5-6-27-15(22)14(16(29)23-17(27)30)26(4-2)13(28)11-24-7-9-25(10-8-24)12-18(19,20)21/h3-12,22H2,1-2H3,(H,23,29,30). The molecule has 1 fully saturated rings. The van der Waals surface area contributed by atoms with E-state index >= 15 is 0 Å². The van der Waals surface area contributed by atoms with Crippen molar-refractivity contribution in [2.24, 2.45) is 0 Å². The summed E-state index contributed by atoms with van der Waals surface area (Å²) in [5, 5.41) is 0. The first kappa shape index (κ1) is 23.9. The first-order valence-electron chi connectivity index (χ1n) is 10.0. The molecule has 0 unspecified atom stereocenters. The highest BCUT2D eigenvalue weighted by Gasteiger charge is 2.33. The van der Waals surface area contributed by atoms with Gasteiger partial charge in [0.2, 0.25) is 5.91 Å². The zero-order valence-electron chi connectivity index (χ0n) is 17.3. The van der Waals surface area contributed by atoms with Gasteiger partial charge in [-0.3, -0.25) is 28.9 Å². The smallest absolute Gasteiger partial charge is 0.383 e. The molecule has 0 atom stereocenters. The Bertz CT molecular complexity index is 843. The second kappa shape index (κ2) is 10.1. The predicted molar refractivity (Wildman–Crippen MR) is 108 cm³/mol. The van der Waals surface area contributed by atoms with Crippen molar-refractivity contribution < 1.29 is 18.0 Å². The van der Waals surface area contributed by atoms with Gasteiger partial charge in [-0.25, -0.2) is 4.79 Å². The summed E-state index contributed by atoms with van der Waals surface area (Å²) in [4.78, 5) is 43.8. The highest BCUT2D eigenvalue weighted by Crippen LogP contribution is 2.19. The summed E-state index contributed by atoms with van der Waals surface area (Å²) in [5.41, 5.74) is 4.63. The van der Waals surface area contributed by atoms with E-state index in [-0.39, 0.29) is 37.7 Å². The molecule has 0 spiro atoms. The van der Waals surface area contributed by atoms with Crippen molar-refractivity contribution in [2.45, 2.75) is 39.4 Å². The average Bonchev–Trinajstić information content (AvgIpc) is 2.65. The molecule has 3 N–H and O–H groups in total. The van der Waals surface area contributed by atoms with E-state index in [4.69, 9.17) is 5.73 Å². The van der Waals surface area contributed by atoms with Gasteiger partial charge in [0.05, 0.1) is 13.1 Å². The molecule has 0 aromatic carbocycles. The summed E-state index contributed by atoms with van der Waals surface area (Å²) in [6, 6.07) is 0. The van der Waals surface area contributed by atoms with Crippen molar-refractivity contribution in [2.75, 3.05) is 56.4 Å². The molecule has 2 rings (SSSR count). The Kier molecular flexibility index (Phi) is 8.07. The van der Waals surface area contributed by atoms with Gasteiger partial charge in [0.25, 0.3) is 5.56 Å². The second-order valence-corrected chi connectivity index (χ2v) is 7.30. The fraction of sp³-hybridized carbons (Fsp3) is 0.722. The van der Waals surface area contributed by atoms with Gasteiger partial charge in [-0.05, 0) is 13.3 Å². The third kappa shape index (κ3) is 6.08. The van der Waals surface area contributed by atoms with Gasteiger partial charge < -0.3 is 10.6 Å². The number of aromatic nitrogens is 2. The molecule has 1 aromatic rings. The van der Waals surface area contributed by atoms with Crippen LogP contribution in [0.4, 0.5) is 24.7 Å². The molecule has 1 saturated heterocycles. The van der Waals surface area contributed by atoms with Crippen molar-refractivity contribution in [1.82, 2.24) is 19.4 Å². The maximum absolute atomic E-state index is 12.9. The molecule has 2 heterocycles. The topological polar surface area (TPSA) is 108 Å². The first-order valence-corrected chi connectivity index (χ1v) is 10.0. The fourth-order valence-corrected chi connectivity index (χ4v) is 3.47. The number of likely N-dealkylation sites (N-methyl/N-ethyl adjacent to an activating group) is 1. The van der Waals surface area contributed by atoms with Gasteiger partial charge in [0.15, 0.2) is 5.69 Å². The van der Waals surface area contributed by atoms with E-state index in [1.165, 1.54) is 14.4 Å². The number of H-pyrrole nitrogens is 1. The maximum atomic E-state index is 12.9. The lowest BCUT2D eigenvalue weighted by Crippen LogP contribution is -2.52. The van der Waals surface area contributed by atoms with E-state index in [0.717, 1.165) is 6.42 Å². The predicted octanol–water partition coefficient (Wildman–Crippen LogP) is 0.452. The Hall–Kier alpha value is -2.34. The van der Waals surface area contributed by atoms with Crippen LogP contribution in [0.25, 0.3) is 0 Å². The third-order valence-electron chi connectivity index (χ3n) is 5.06. The average molecular weight is 434 g/mol. The lowest BCUT2D eigenvalue weighted by Gasteiger charge is -2.35. The molecule has 12 heteroatoms. The number of halogens is 3. The molecule has 1 aromatic heterocycles. The SMILES string of the molecule is CCCCn1c(N)c(N(CC)C(=O)CN2CCN(CC(F)(F)F)CC2)c(=O)[nH]c1=O. The number of amides is 1. The van der Waals surface area contributed by atoms with Crippen LogP contribution in [0.2, 0.25) is 0 Å². The molecule has 30 heavy (non-hydrogen) atoms. The van der Waals surface area contributed by atoms with Crippen LogP contribution in [-0.2, 0) is 11.3 Å². The van der Waals surface area contributed by atoms with Crippen LogP contribution >= 0.6 is 0 Å². The number of nitrogens with zero attached hydrogens (tertiary/aromatic N) is 4. The fourth-order valence-electron chi connectivity index (χ4n) is 3.47. The van der Waals surface area contributed by atoms with E-state index in [1.54, 1.807) is 11.8 Å². The number of hydrogen-bond acceptors (Lipinski definition) is 6. The van der Waals surface area contributed by atoms with E-state index < -0.39 is 29.9 Å². The molecule has 170 valence electrons. The van der Waals surface area contributed by atoms with E-state index in [9.17, 15) is 27.6 Å². The number of unbranched alkanes of at least 4 members (excludes halogenated alkanes) is 1. The van der Waals surface area contributed by atoms with E-state index in [2.05, 4.69) is 4.98 Å². The number of nitrogens with two attached hydrogens (primary N) is 1. The number of nitrogen functional groups attached to an aromatic ring is 1. The highest BCUT2D eigenvalue weighted by molar-refractivity contribution is 5.96. The number of rotatable bonds is 8. The highest BCUT2D eigenvalue weighted by atomic mass is 19.4. The minimum absolute atomic E-state index is 0.0549. The summed E-state index contributed by atoms with van der Waals surface area (Å²) in [5.74, 6) is -0.470. The summed E-state index contributed by atoms with van der Waals surface area (Å²) in [6.07, 6.45) is -2.76. The van der Waals surface area contributed by atoms with Gasteiger partial charge in [-0.2, -0.15) is 13.2 Å². The van der Waals surface area contributed by atoms with Crippen LogP contribution < -0.4 is 21.9 Å². The summed E-state index contributed by atoms with van der Waals surface area (Å²) >= 11 is 0. The van der Waals surface area contributed by atoms with Crippen molar-refractivity contribution in [3.05, 3.63) is 20.8 Å². The van der Waals surface area contributed by atoms with Crippen molar-refractivity contribution in [3.8, 4) is 0 Å². The molecular weight excluding hydrogens is 405 g/mol. The summed E-state index contributed by atoms with van der Waals surface area (Å²) < 4.78 is 38.8. The van der Waals surface area contributed by atoms with Crippen LogP contribution in [0.1, 0.15) is 26.7 Å². The number of anilines is 2. The van der Waals surface area contributed by atoms with Crippen LogP contribution in [0.15, 0.2) is 9.59 Å². The molecule has 9 nitrogen and oxygen atoms in total. The molecule has 0 bridgehead atoms. The number of carbonyl (C=O) groups is 1. The maximum Gasteiger partial charge on any atom is 0.401 e. The monoisotopic (exact) mass is 434 g/mol. The van der Waals surface area contributed by atoms with Crippen LogP contribution in [-0.4, -0.2) is 77.2 Å². The van der Waals surface area contributed by atoms with Gasteiger partial charge in [-0.1, -0.05) is 13.3 Å². The minimum atomic E-state index is -4.25. The van der Waals surface area contributed by atoms with Crippen molar-refractivity contribution in [3.63, 3.8) is 0 Å². The van der Waals surface area contributed by atoms with Gasteiger partial charge in [-0.15, -0.1) is 0 Å². The first-order chi connectivity index (χ1) is 14.1. The van der Waals surface area contributed by atoms with Crippen LogP contribution in [0.5, 0.6) is 0 Å². The third-order valence-corrected chi connectivity index (χ3v) is 5.06. The van der Waals surface area contributed by atoms with Gasteiger partial charge >= 0.3 is 11.9 Å². The molecule has 1 amide bonds. The zero-order valence-corrected chi connectivity index (χ0v) is 17.3. The quantitative estimate of drug-likeness (QED) is 0.615. The van der Waals surface area contributed by atoms with Crippen LogP contribution in [0, 0.1) is 0 Å². The number of nitrogens with one attached hydrogen (secondary N) is 1. The van der Waals surface area contributed by atoms with Crippen molar-refractivity contribution >= 4 is 17.4 Å². The number of carbonyl (C=O) groups excluding carboxylic acids is 1. The second-order valence-electron chi connectivity index (χ2n) is 7.30. The molecule has 0 radical (unpaired) electrons. The molecule has 0 saturated carbocycles. The Morgan fingerprint density at radius 2 is 1.73 bits per heavy atom. The van der Waals surface area contributed by atoms with E-state index in [0.29, 0.717) is 26.1 Å². The number of piperazine rings is 1. The summed E-state index contributed by atoms with van der Waals surface area (Å²) in [7, 11) is 0. The van der Waals surface area contributed by atoms with Crippen molar-refractivity contribution in [1.29, 1.82) is 0 Å². The Balaban J connectivity index is 2.12. The lowest BCUT2D eigenvalue weighted by atomic mass is 10.2. The molecule has 1 aliphatic heterocycles. The Morgan fingerprint density at radius 3 is 2.27 bits per heavy atom. The minimum Gasteiger partial charge on any atom is -0.383 e. The lowest BCUT2D eigenvalue weighted by molar-refractivity contribution is -0.149. The molecular formula is C18H29F3N6O3. The Morgan fingerprint density at radius 1 is 1.13 bits per heavy atom. The largest absolute Gasteiger partial charge is 0.401 e. The van der Waals surface area contributed by atoms with Gasteiger partial charge in [0, 0.05) is 39.3 Å². The number of aromatic amines is 1. The Labute approximate surface area is 172 Å². The zero-order chi connectivity index (χ0) is 22.5.